The lowest BCUT2D eigenvalue weighted by Gasteiger charge is -2.48. The highest BCUT2D eigenvalue weighted by atomic mass is 16.2. The molecule has 0 aromatic carbocycles. The monoisotopic (exact) mass is 359 g/mol. The predicted octanol–water partition coefficient (Wildman–Crippen LogP) is 0.969. The zero-order valence-electron chi connectivity index (χ0n) is 15.9. The number of piperidine rings is 2. The molecule has 4 heterocycles. The average Bonchev–Trinajstić information content (AvgIpc) is 3.26. The van der Waals surface area contributed by atoms with Gasteiger partial charge in [-0.25, -0.2) is 4.98 Å². The molecule has 0 N–H and O–H groups in total. The fraction of sp³-hybridized carbons (Fsp3) is 0.737. The summed E-state index contributed by atoms with van der Waals surface area (Å²) in [5.74, 6) is 0.853. The molecule has 2 amide bonds. The molecule has 3 aliphatic rings. The molecule has 26 heavy (non-hydrogen) atoms. The van der Waals surface area contributed by atoms with Gasteiger partial charge in [-0.05, 0) is 44.7 Å². The summed E-state index contributed by atoms with van der Waals surface area (Å²) in [6.07, 6.45) is 8.15. The number of aromatic nitrogens is 2. The van der Waals surface area contributed by atoms with Crippen LogP contribution >= 0.6 is 0 Å². The van der Waals surface area contributed by atoms with Gasteiger partial charge >= 0.3 is 0 Å². The molecule has 3 saturated heterocycles. The Balaban J connectivity index is 1.40. The van der Waals surface area contributed by atoms with Crippen LogP contribution in [0.5, 0.6) is 0 Å². The Morgan fingerprint density at radius 1 is 1.19 bits per heavy atom. The van der Waals surface area contributed by atoms with E-state index in [1.54, 1.807) is 10.8 Å². The summed E-state index contributed by atoms with van der Waals surface area (Å²) in [7, 11) is 3.99. The SMILES string of the molecule is CN1CC[C@H](N2CC3(CCC2=O)CCN(C(=O)c2nccn2C)CC3)C1. The molecular weight excluding hydrogens is 330 g/mol. The van der Waals surface area contributed by atoms with Gasteiger partial charge in [0.2, 0.25) is 5.91 Å². The second-order valence-electron chi connectivity index (χ2n) is 8.38. The molecule has 1 atom stereocenters. The number of hydrogen-bond donors (Lipinski definition) is 0. The van der Waals surface area contributed by atoms with Crippen molar-refractivity contribution >= 4 is 11.8 Å². The smallest absolute Gasteiger partial charge is 0.289 e. The maximum atomic E-state index is 12.7. The van der Waals surface area contributed by atoms with Gasteiger partial charge in [0.25, 0.3) is 5.91 Å². The Labute approximate surface area is 154 Å². The Morgan fingerprint density at radius 2 is 1.96 bits per heavy atom. The second kappa shape index (κ2) is 6.68. The summed E-state index contributed by atoms with van der Waals surface area (Å²) in [5, 5.41) is 0. The van der Waals surface area contributed by atoms with Gasteiger partial charge in [0.05, 0.1) is 0 Å². The summed E-state index contributed by atoms with van der Waals surface area (Å²) in [6.45, 7) is 4.46. The molecule has 3 aliphatic heterocycles. The number of nitrogens with zero attached hydrogens (tertiary/aromatic N) is 5. The fourth-order valence-electron chi connectivity index (χ4n) is 4.85. The van der Waals surface area contributed by atoms with Gasteiger partial charge in [-0.2, -0.15) is 0 Å². The Kier molecular flexibility index (Phi) is 4.50. The number of imidazole rings is 1. The predicted molar refractivity (Wildman–Crippen MR) is 97.6 cm³/mol. The van der Waals surface area contributed by atoms with Gasteiger partial charge in [0.1, 0.15) is 0 Å². The molecule has 7 heteroatoms. The van der Waals surface area contributed by atoms with E-state index in [9.17, 15) is 9.59 Å². The van der Waals surface area contributed by atoms with Gasteiger partial charge < -0.3 is 19.3 Å². The largest absolute Gasteiger partial charge is 0.338 e. The topological polar surface area (TPSA) is 61.7 Å². The van der Waals surface area contributed by atoms with Crippen LogP contribution in [0.4, 0.5) is 0 Å². The number of amides is 2. The summed E-state index contributed by atoms with van der Waals surface area (Å²) in [5.41, 5.74) is 0.188. The van der Waals surface area contributed by atoms with E-state index in [0.717, 1.165) is 58.4 Å². The van der Waals surface area contributed by atoms with Crippen molar-refractivity contribution < 1.29 is 9.59 Å². The number of carbonyl (C=O) groups excluding carboxylic acids is 2. The van der Waals surface area contributed by atoms with Crippen molar-refractivity contribution in [3.63, 3.8) is 0 Å². The molecule has 7 nitrogen and oxygen atoms in total. The molecule has 4 rings (SSSR count). The Bertz CT molecular complexity index is 692. The van der Waals surface area contributed by atoms with E-state index >= 15 is 0 Å². The zero-order chi connectivity index (χ0) is 18.3. The van der Waals surface area contributed by atoms with Crippen molar-refractivity contribution in [3.8, 4) is 0 Å². The van der Waals surface area contributed by atoms with E-state index in [4.69, 9.17) is 0 Å². The third-order valence-corrected chi connectivity index (χ3v) is 6.63. The van der Waals surface area contributed by atoms with Crippen LogP contribution in [0.25, 0.3) is 0 Å². The van der Waals surface area contributed by atoms with Crippen LogP contribution in [0.3, 0.4) is 0 Å². The van der Waals surface area contributed by atoms with E-state index in [-0.39, 0.29) is 11.3 Å². The van der Waals surface area contributed by atoms with Crippen LogP contribution in [0.1, 0.15) is 42.7 Å². The van der Waals surface area contributed by atoms with E-state index in [1.807, 2.05) is 18.1 Å². The van der Waals surface area contributed by atoms with Gasteiger partial charge in [0.15, 0.2) is 5.82 Å². The number of rotatable bonds is 2. The third kappa shape index (κ3) is 3.13. The van der Waals surface area contributed by atoms with Crippen LogP contribution in [-0.2, 0) is 11.8 Å². The molecule has 1 aromatic rings. The van der Waals surface area contributed by atoms with Gasteiger partial charge in [0, 0.05) is 58.1 Å². The standard InChI is InChI=1S/C19H29N5O2/c1-21-9-4-15(13-21)24-14-19(5-3-16(24)25)6-10-23(11-7-19)18(26)17-20-8-12-22(17)2/h8,12,15H,3-7,9-11,13-14H2,1-2H3/t15-/m0/s1. The molecule has 3 fully saturated rings. The minimum atomic E-state index is 0.0218. The van der Waals surface area contributed by atoms with Crippen LogP contribution in [0.15, 0.2) is 12.4 Å². The molecule has 0 aliphatic carbocycles. The molecule has 0 unspecified atom stereocenters. The number of carbonyl (C=O) groups is 2. The Hall–Kier alpha value is -1.89. The van der Waals surface area contributed by atoms with Crippen LogP contribution in [0, 0.1) is 5.41 Å². The van der Waals surface area contributed by atoms with E-state index < -0.39 is 0 Å². The lowest BCUT2D eigenvalue weighted by atomic mass is 9.72. The van der Waals surface area contributed by atoms with Gasteiger partial charge in [-0.1, -0.05) is 0 Å². The lowest BCUT2D eigenvalue weighted by Crippen LogP contribution is -2.55. The van der Waals surface area contributed by atoms with E-state index in [0.29, 0.717) is 24.2 Å². The van der Waals surface area contributed by atoms with Crippen molar-refractivity contribution in [2.45, 2.75) is 38.1 Å². The van der Waals surface area contributed by atoms with E-state index in [1.165, 1.54) is 0 Å². The van der Waals surface area contributed by atoms with Crippen molar-refractivity contribution in [1.82, 2.24) is 24.3 Å². The first kappa shape index (κ1) is 17.5. The van der Waals surface area contributed by atoms with Crippen LogP contribution in [-0.4, -0.2) is 81.9 Å². The minimum absolute atomic E-state index is 0.0218. The summed E-state index contributed by atoms with van der Waals surface area (Å²) in [6, 6.07) is 0.372. The van der Waals surface area contributed by atoms with Crippen molar-refractivity contribution in [2.24, 2.45) is 12.5 Å². The van der Waals surface area contributed by atoms with Crippen molar-refractivity contribution in [1.29, 1.82) is 0 Å². The quantitative estimate of drug-likeness (QED) is 0.789. The molecule has 142 valence electrons. The van der Waals surface area contributed by atoms with Crippen LogP contribution in [0.2, 0.25) is 0 Å². The first-order valence-electron chi connectivity index (χ1n) is 9.72. The minimum Gasteiger partial charge on any atom is -0.338 e. The fourth-order valence-corrected chi connectivity index (χ4v) is 4.85. The van der Waals surface area contributed by atoms with Crippen LogP contribution < -0.4 is 0 Å². The first-order valence-corrected chi connectivity index (χ1v) is 9.72. The Morgan fingerprint density at radius 3 is 2.58 bits per heavy atom. The average molecular weight is 359 g/mol. The third-order valence-electron chi connectivity index (χ3n) is 6.63. The molecule has 0 saturated carbocycles. The number of likely N-dealkylation sites (N-methyl/N-ethyl adjacent to an activating group) is 1. The van der Waals surface area contributed by atoms with Gasteiger partial charge in [-0.15, -0.1) is 0 Å². The summed E-state index contributed by atoms with van der Waals surface area (Å²) < 4.78 is 1.78. The summed E-state index contributed by atoms with van der Waals surface area (Å²) in [4.78, 5) is 35.8. The number of hydrogen-bond acceptors (Lipinski definition) is 4. The summed E-state index contributed by atoms with van der Waals surface area (Å²) >= 11 is 0. The highest BCUT2D eigenvalue weighted by molar-refractivity contribution is 5.90. The highest BCUT2D eigenvalue weighted by Crippen LogP contribution is 2.41. The normalized spacial score (nSPS) is 26.7. The molecular formula is C19H29N5O2. The zero-order valence-corrected chi connectivity index (χ0v) is 15.9. The van der Waals surface area contributed by atoms with Crippen molar-refractivity contribution in [3.05, 3.63) is 18.2 Å². The first-order chi connectivity index (χ1) is 12.5. The van der Waals surface area contributed by atoms with E-state index in [2.05, 4.69) is 21.8 Å². The number of likely N-dealkylation sites (tertiary alicyclic amines) is 3. The lowest BCUT2D eigenvalue weighted by molar-refractivity contribution is -0.141. The highest BCUT2D eigenvalue weighted by Gasteiger charge is 2.44. The maximum Gasteiger partial charge on any atom is 0.289 e. The molecule has 1 spiro atoms. The maximum absolute atomic E-state index is 12.7. The number of aryl methyl sites for hydroxylation is 1. The van der Waals surface area contributed by atoms with Crippen molar-refractivity contribution in [2.75, 3.05) is 39.8 Å². The van der Waals surface area contributed by atoms with Gasteiger partial charge in [-0.3, -0.25) is 9.59 Å². The molecule has 0 radical (unpaired) electrons. The molecule has 0 bridgehead atoms. The second-order valence-corrected chi connectivity index (χ2v) is 8.38. The molecule has 1 aromatic heterocycles.